The van der Waals surface area contributed by atoms with Crippen LogP contribution < -0.4 is 10.7 Å². The average Bonchev–Trinajstić information content (AvgIpc) is 3.02. The molecule has 4 rings (SSSR count). The van der Waals surface area contributed by atoms with Crippen LogP contribution in [0.5, 0.6) is 0 Å². The van der Waals surface area contributed by atoms with Gasteiger partial charge in [-0.05, 0) is 12.1 Å². The van der Waals surface area contributed by atoms with Crippen molar-refractivity contribution in [3.05, 3.63) is 61.7 Å². The highest BCUT2D eigenvalue weighted by molar-refractivity contribution is 6.33. The lowest BCUT2D eigenvalue weighted by Gasteiger charge is -2.35. The Kier molecular flexibility index (Phi) is 5.35. The van der Waals surface area contributed by atoms with Crippen molar-refractivity contribution in [1.29, 1.82) is 0 Å². The number of benzene rings is 1. The number of halogens is 4. The Morgan fingerprint density at radius 3 is 2.52 bits per heavy atom. The van der Waals surface area contributed by atoms with Crippen molar-refractivity contribution in [3.63, 3.8) is 0 Å². The van der Waals surface area contributed by atoms with Gasteiger partial charge in [0.1, 0.15) is 5.82 Å². The summed E-state index contributed by atoms with van der Waals surface area (Å²) < 4.78 is 44.8. The number of hydrogen-bond donors (Lipinski definition) is 0. The van der Waals surface area contributed by atoms with Crippen LogP contribution in [-0.2, 0) is 12.8 Å². The van der Waals surface area contributed by atoms with Crippen molar-refractivity contribution >= 4 is 34.2 Å². The summed E-state index contributed by atoms with van der Waals surface area (Å²) in [7, 11) is 0. The van der Waals surface area contributed by atoms with Gasteiger partial charge in [-0.15, -0.1) is 0 Å². The number of piperazine rings is 1. The molecule has 31 heavy (non-hydrogen) atoms. The molecular weight excluding hydrogens is 443 g/mol. The second-order valence-electron chi connectivity index (χ2n) is 6.98. The largest absolute Gasteiger partial charge is 0.421 e. The molecule has 9 nitrogen and oxygen atoms in total. The minimum Gasteiger partial charge on any atom is -0.408 e. The molecule has 0 bridgehead atoms. The Bertz CT molecular complexity index is 1200. The molecule has 1 fully saturated rings. The van der Waals surface area contributed by atoms with Crippen LogP contribution in [0.4, 0.5) is 24.7 Å². The van der Waals surface area contributed by atoms with Crippen molar-refractivity contribution in [3.8, 4) is 0 Å². The lowest BCUT2D eigenvalue weighted by atomic mass is 10.2. The van der Waals surface area contributed by atoms with E-state index < -0.39 is 22.4 Å². The molecule has 0 atom stereocenters. The smallest absolute Gasteiger partial charge is 0.408 e. The summed E-state index contributed by atoms with van der Waals surface area (Å²) >= 11 is 6.02. The normalized spacial score (nSPS) is 15.5. The van der Waals surface area contributed by atoms with E-state index in [0.717, 1.165) is 12.3 Å². The van der Waals surface area contributed by atoms with Gasteiger partial charge in [0.05, 0.1) is 27.7 Å². The standard InChI is InChI=1S/C18H15ClF3N5O4/c19-13-7-11(18(20,21)22)9-23-16(13)25-5-3-24(4-6-25)10-26-14-8-12(27(29)30)1-2-15(14)31-17(26)28/h1-2,7-9H,3-6,10H2. The van der Waals surface area contributed by atoms with Gasteiger partial charge in [-0.1, -0.05) is 11.6 Å². The lowest BCUT2D eigenvalue weighted by Crippen LogP contribution is -2.47. The number of non-ortho nitro benzene ring substituents is 1. The molecule has 0 saturated carbocycles. The number of anilines is 1. The van der Waals surface area contributed by atoms with Gasteiger partial charge >= 0.3 is 11.9 Å². The van der Waals surface area contributed by atoms with Crippen molar-refractivity contribution in [2.45, 2.75) is 12.8 Å². The fourth-order valence-corrected chi connectivity index (χ4v) is 3.70. The van der Waals surface area contributed by atoms with E-state index in [1.165, 1.54) is 22.8 Å². The summed E-state index contributed by atoms with van der Waals surface area (Å²) in [5, 5.41) is 10.9. The summed E-state index contributed by atoms with van der Waals surface area (Å²) in [6, 6.07) is 4.76. The van der Waals surface area contributed by atoms with Crippen molar-refractivity contribution in [1.82, 2.24) is 14.5 Å². The first kappa shape index (κ1) is 21.1. The van der Waals surface area contributed by atoms with E-state index in [0.29, 0.717) is 31.7 Å². The molecule has 0 N–H and O–H groups in total. The molecule has 1 aromatic carbocycles. The van der Waals surface area contributed by atoms with E-state index in [2.05, 4.69) is 4.98 Å². The zero-order valence-electron chi connectivity index (χ0n) is 15.8. The van der Waals surface area contributed by atoms with Crippen LogP contribution in [0.3, 0.4) is 0 Å². The van der Waals surface area contributed by atoms with Gasteiger partial charge < -0.3 is 9.32 Å². The molecule has 3 heterocycles. The quantitative estimate of drug-likeness (QED) is 0.437. The Labute approximate surface area is 177 Å². The minimum atomic E-state index is -4.52. The van der Waals surface area contributed by atoms with Crippen molar-refractivity contribution in [2.24, 2.45) is 0 Å². The first-order valence-electron chi connectivity index (χ1n) is 9.11. The summed E-state index contributed by atoms with van der Waals surface area (Å²) in [4.78, 5) is 30.2. The molecule has 0 aliphatic carbocycles. The number of nitro benzene ring substituents is 1. The predicted molar refractivity (Wildman–Crippen MR) is 105 cm³/mol. The van der Waals surface area contributed by atoms with Gasteiger partial charge in [-0.25, -0.2) is 9.78 Å². The summed E-state index contributed by atoms with van der Waals surface area (Å²) in [5.74, 6) is -0.374. The maximum absolute atomic E-state index is 12.8. The molecular formula is C18H15ClF3N5O4. The highest BCUT2D eigenvalue weighted by Gasteiger charge is 2.32. The SMILES string of the molecule is O=c1oc2ccc([N+](=O)[O-])cc2n1CN1CCN(c2ncc(C(F)(F)F)cc2Cl)CC1. The number of nitrogens with zero attached hydrogens (tertiary/aromatic N) is 5. The van der Waals surface area contributed by atoms with Crippen molar-refractivity contribution < 1.29 is 22.5 Å². The number of rotatable bonds is 4. The first-order valence-corrected chi connectivity index (χ1v) is 9.49. The Morgan fingerprint density at radius 1 is 1.19 bits per heavy atom. The fraction of sp³-hybridized carbons (Fsp3) is 0.333. The highest BCUT2D eigenvalue weighted by Crippen LogP contribution is 2.33. The molecule has 164 valence electrons. The van der Waals surface area contributed by atoms with Gasteiger partial charge in [-0.2, -0.15) is 13.2 Å². The number of aromatic nitrogens is 2. The zero-order valence-corrected chi connectivity index (χ0v) is 16.6. The zero-order chi connectivity index (χ0) is 22.3. The van der Waals surface area contributed by atoms with Crippen LogP contribution in [0.1, 0.15) is 5.56 Å². The maximum Gasteiger partial charge on any atom is 0.421 e. The monoisotopic (exact) mass is 457 g/mol. The Hall–Kier alpha value is -3.12. The third kappa shape index (κ3) is 4.21. The van der Waals surface area contributed by atoms with E-state index in [1.54, 1.807) is 4.90 Å². The van der Waals surface area contributed by atoms with Crippen LogP contribution in [-0.4, -0.2) is 45.6 Å². The molecule has 1 aliphatic heterocycles. The average molecular weight is 458 g/mol. The van der Waals surface area contributed by atoms with Crippen molar-refractivity contribution in [2.75, 3.05) is 31.1 Å². The molecule has 2 aromatic heterocycles. The van der Waals surface area contributed by atoms with E-state index >= 15 is 0 Å². The molecule has 3 aromatic rings. The maximum atomic E-state index is 12.8. The second-order valence-corrected chi connectivity index (χ2v) is 7.39. The van der Waals surface area contributed by atoms with Gasteiger partial charge in [0.25, 0.3) is 5.69 Å². The van der Waals surface area contributed by atoms with E-state index in [4.69, 9.17) is 16.0 Å². The van der Waals surface area contributed by atoms with Crippen LogP contribution in [0.15, 0.2) is 39.7 Å². The number of nitro groups is 1. The van der Waals surface area contributed by atoms with E-state index in [1.807, 2.05) is 4.90 Å². The molecule has 0 amide bonds. The number of fused-ring (bicyclic) bond motifs is 1. The second kappa shape index (κ2) is 7.85. The Morgan fingerprint density at radius 2 is 1.90 bits per heavy atom. The minimum absolute atomic E-state index is 0.0902. The number of oxazole rings is 1. The number of pyridine rings is 1. The molecule has 0 unspecified atom stereocenters. The summed E-state index contributed by atoms with van der Waals surface area (Å²) in [6.07, 6.45) is -3.78. The van der Waals surface area contributed by atoms with E-state index in [-0.39, 0.29) is 28.8 Å². The molecule has 1 aliphatic rings. The van der Waals surface area contributed by atoms with Gasteiger partial charge in [0.15, 0.2) is 5.58 Å². The topological polar surface area (TPSA) is 97.6 Å². The predicted octanol–water partition coefficient (Wildman–Crippen LogP) is 3.35. The van der Waals surface area contributed by atoms with Gasteiger partial charge in [-0.3, -0.25) is 19.6 Å². The third-order valence-corrected chi connectivity index (χ3v) is 5.30. The van der Waals surface area contributed by atoms with Crippen LogP contribution >= 0.6 is 11.6 Å². The molecule has 0 radical (unpaired) electrons. The van der Waals surface area contributed by atoms with Crippen LogP contribution in [0.25, 0.3) is 11.1 Å². The number of alkyl halides is 3. The van der Waals surface area contributed by atoms with Crippen LogP contribution in [0, 0.1) is 10.1 Å². The van der Waals surface area contributed by atoms with E-state index in [9.17, 15) is 28.1 Å². The first-order chi connectivity index (χ1) is 14.6. The highest BCUT2D eigenvalue weighted by atomic mass is 35.5. The molecule has 1 saturated heterocycles. The molecule has 13 heteroatoms. The van der Waals surface area contributed by atoms with Gasteiger partial charge in [0, 0.05) is 44.5 Å². The van der Waals surface area contributed by atoms with Gasteiger partial charge in [0.2, 0.25) is 0 Å². The Balaban J connectivity index is 1.48. The summed E-state index contributed by atoms with van der Waals surface area (Å²) in [6.45, 7) is 1.92. The third-order valence-electron chi connectivity index (χ3n) is 5.02. The van der Waals surface area contributed by atoms with Crippen LogP contribution in [0.2, 0.25) is 5.02 Å². The fourth-order valence-electron chi connectivity index (χ4n) is 3.42. The molecule has 0 spiro atoms. The number of hydrogen-bond acceptors (Lipinski definition) is 7. The lowest BCUT2D eigenvalue weighted by molar-refractivity contribution is -0.384. The summed E-state index contributed by atoms with van der Waals surface area (Å²) in [5.41, 5.74) is -0.515.